The fourth-order valence-corrected chi connectivity index (χ4v) is 14.7. The number of nitrogens with zero attached hydrogens (tertiary/aromatic N) is 2. The molecule has 0 N–H and O–H groups in total. The molecule has 462 valence electrons. The molecule has 2 unspecified atom stereocenters. The van der Waals surface area contributed by atoms with Gasteiger partial charge in [-0.25, -0.2) is 0 Å². The normalized spacial score (nSPS) is 13.8. The average molecular weight is 1220 g/mol. The number of fused-ring (bicyclic) bond motifs is 6. The molecule has 1 aromatic heterocycles. The molecule has 0 amide bonds. The van der Waals surface area contributed by atoms with E-state index in [1.807, 2.05) is 12.2 Å². The highest BCUT2D eigenvalue weighted by molar-refractivity contribution is 6.11. The van der Waals surface area contributed by atoms with E-state index in [1.165, 1.54) is 105 Å². The Balaban J connectivity index is 0.809. The first-order valence-electron chi connectivity index (χ1n) is 33.6. The number of rotatable bonds is 20. The van der Waals surface area contributed by atoms with E-state index in [0.717, 1.165) is 77.3 Å². The summed E-state index contributed by atoms with van der Waals surface area (Å²) in [6.45, 7) is 22.2. The van der Waals surface area contributed by atoms with E-state index in [0.29, 0.717) is 12.5 Å². The van der Waals surface area contributed by atoms with Crippen molar-refractivity contribution in [3.63, 3.8) is 0 Å². The lowest BCUT2D eigenvalue weighted by Gasteiger charge is -2.34. The fraction of sp³-hybridized carbons (Fsp3) is 0.165. The number of hydrogen-bond donors (Lipinski definition) is 0. The predicted molar refractivity (Wildman–Crippen MR) is 402 cm³/mol. The Kier molecular flexibility index (Phi) is 16.8. The minimum atomic E-state index is -0.373. The second kappa shape index (κ2) is 25.9. The third-order valence-corrected chi connectivity index (χ3v) is 20.0. The highest BCUT2D eigenvalue weighted by atomic mass is 16.5. The third kappa shape index (κ3) is 11.7. The highest BCUT2D eigenvalue weighted by Gasteiger charge is 2.44. The van der Waals surface area contributed by atoms with Crippen molar-refractivity contribution >= 4 is 51.0 Å². The van der Waals surface area contributed by atoms with Crippen LogP contribution in [-0.4, -0.2) is 11.2 Å². The largest absolute Gasteiger partial charge is 0.493 e. The standard InChI is InChI=1S/C91H82N2O/c1-9-64-29-33-69(34-30-64)72-43-53-87-83(58-72)84-59-73(44-54-88(84)93(87)76-25-16-13-17-26-76)70-41-49-78(50-42-70)92(77-47-39-68(40-48-77)67-37-45-74(46-38-67)90(6,7)8)79-51-52-81-80-27-18-19-28-85(80)91(86(81)60-79,75-23-14-12-15-24-75)55-21-20-22-66(11-3)61-94-89-57-62(4)82(56-63(89)5)71-35-31-65(10-2)32-36-71/h9-10,12-19,23-54,56-60,66H,1-2,11,20-22,55,61H2,3-8H3. The first-order chi connectivity index (χ1) is 45.9. The predicted octanol–water partition coefficient (Wildman–Crippen LogP) is 25.1. The van der Waals surface area contributed by atoms with Crippen LogP contribution in [0.25, 0.3) is 95.3 Å². The summed E-state index contributed by atoms with van der Waals surface area (Å²) in [5, 5.41) is 2.44. The quantitative estimate of drug-likeness (QED) is 0.0708. The second-order valence-corrected chi connectivity index (χ2v) is 26.9. The van der Waals surface area contributed by atoms with E-state index < -0.39 is 0 Å². The molecule has 0 spiro atoms. The van der Waals surface area contributed by atoms with Gasteiger partial charge in [0.15, 0.2) is 0 Å². The monoisotopic (exact) mass is 1220 g/mol. The molecular formula is C91H82N2O. The Morgan fingerprint density at radius 2 is 0.957 bits per heavy atom. The molecule has 0 fully saturated rings. The van der Waals surface area contributed by atoms with Crippen LogP contribution >= 0.6 is 0 Å². The van der Waals surface area contributed by atoms with Crippen molar-refractivity contribution in [2.24, 2.45) is 5.92 Å². The molecule has 3 nitrogen and oxygen atoms in total. The van der Waals surface area contributed by atoms with Gasteiger partial charge < -0.3 is 14.2 Å². The summed E-state index contributed by atoms with van der Waals surface area (Å²) < 4.78 is 9.14. The molecule has 0 aliphatic heterocycles. The van der Waals surface area contributed by atoms with Gasteiger partial charge in [0.05, 0.1) is 17.6 Å². The van der Waals surface area contributed by atoms with Crippen molar-refractivity contribution in [1.29, 1.82) is 0 Å². The van der Waals surface area contributed by atoms with Gasteiger partial charge in [-0.15, -0.1) is 0 Å². The zero-order chi connectivity index (χ0) is 64.5. The van der Waals surface area contributed by atoms with Gasteiger partial charge in [0, 0.05) is 38.9 Å². The van der Waals surface area contributed by atoms with Gasteiger partial charge in [0.1, 0.15) is 5.75 Å². The summed E-state index contributed by atoms with van der Waals surface area (Å²) in [5.41, 5.74) is 28.7. The molecule has 0 bridgehead atoms. The number of benzene rings is 12. The van der Waals surface area contributed by atoms with E-state index in [9.17, 15) is 0 Å². The first kappa shape index (κ1) is 61.0. The summed E-state index contributed by atoms with van der Waals surface area (Å²) in [7, 11) is 0. The summed E-state index contributed by atoms with van der Waals surface area (Å²) >= 11 is 0. The van der Waals surface area contributed by atoms with Gasteiger partial charge in [0.25, 0.3) is 0 Å². The second-order valence-electron chi connectivity index (χ2n) is 26.9. The summed E-state index contributed by atoms with van der Waals surface area (Å²) in [6.07, 6.45) is 9.10. The smallest absolute Gasteiger partial charge is 0.122 e. The maximum absolute atomic E-state index is 6.74. The van der Waals surface area contributed by atoms with Crippen LogP contribution in [0.2, 0.25) is 0 Å². The van der Waals surface area contributed by atoms with E-state index in [1.54, 1.807) is 0 Å². The lowest BCUT2D eigenvalue weighted by Crippen LogP contribution is -2.27. The molecule has 1 aliphatic rings. The van der Waals surface area contributed by atoms with Crippen LogP contribution in [0, 0.1) is 19.8 Å². The van der Waals surface area contributed by atoms with Gasteiger partial charge in [0.2, 0.25) is 0 Å². The molecule has 0 saturated heterocycles. The third-order valence-electron chi connectivity index (χ3n) is 20.0. The topological polar surface area (TPSA) is 17.4 Å². The Morgan fingerprint density at radius 3 is 1.53 bits per heavy atom. The molecular weight excluding hydrogens is 1140 g/mol. The lowest BCUT2D eigenvalue weighted by molar-refractivity contribution is 0.230. The number of ether oxygens (including phenoxy) is 1. The van der Waals surface area contributed by atoms with Crippen LogP contribution in [0.1, 0.15) is 104 Å². The maximum atomic E-state index is 6.74. The van der Waals surface area contributed by atoms with Crippen LogP contribution < -0.4 is 9.64 Å². The van der Waals surface area contributed by atoms with Crippen molar-refractivity contribution in [3.05, 3.63) is 331 Å². The van der Waals surface area contributed by atoms with Crippen molar-refractivity contribution in [3.8, 4) is 67.1 Å². The van der Waals surface area contributed by atoms with Crippen molar-refractivity contribution in [2.75, 3.05) is 11.5 Å². The van der Waals surface area contributed by atoms with Gasteiger partial charge in [-0.3, -0.25) is 0 Å². The molecule has 3 heteroatoms. The van der Waals surface area contributed by atoms with Crippen LogP contribution in [0.3, 0.4) is 0 Å². The summed E-state index contributed by atoms with van der Waals surface area (Å²) in [4.78, 5) is 2.47. The van der Waals surface area contributed by atoms with E-state index in [2.05, 4.69) is 337 Å². The number of para-hydroxylation sites is 1. The van der Waals surface area contributed by atoms with Crippen LogP contribution in [0.5, 0.6) is 5.75 Å². The molecule has 14 rings (SSSR count). The van der Waals surface area contributed by atoms with Crippen molar-refractivity contribution in [2.45, 2.75) is 84.5 Å². The molecule has 1 aliphatic carbocycles. The maximum Gasteiger partial charge on any atom is 0.122 e. The van der Waals surface area contributed by atoms with Crippen molar-refractivity contribution in [1.82, 2.24) is 4.57 Å². The van der Waals surface area contributed by atoms with Gasteiger partial charge in [-0.05, 0) is 223 Å². The molecule has 1 heterocycles. The Morgan fingerprint density at radius 1 is 0.457 bits per heavy atom. The lowest BCUT2D eigenvalue weighted by atomic mass is 9.69. The SMILES string of the molecule is C=Cc1ccc(-c2ccc3c(c2)c2cc(-c4ccc(N(c5ccc(-c6ccc(C(C)(C)C)cc6)cc5)c5ccc6c(c5)C(CCCCC(CC)COc5cc(C)c(-c7ccc(C=C)cc7)cc5C)(c5ccccc5)c5ccccc5-6)cc4)ccc2n3-c2ccccc2)cc1. The number of unbranched alkanes of at least 4 members (excludes halogenated alkanes) is 1. The number of anilines is 3. The molecule has 94 heavy (non-hydrogen) atoms. The van der Waals surface area contributed by atoms with E-state index >= 15 is 0 Å². The number of aromatic nitrogens is 1. The average Bonchev–Trinajstić information content (AvgIpc) is 1.70. The van der Waals surface area contributed by atoms with Crippen LogP contribution in [0.15, 0.2) is 286 Å². The zero-order valence-electron chi connectivity index (χ0n) is 55.2. The van der Waals surface area contributed by atoms with Gasteiger partial charge in [-0.1, -0.05) is 260 Å². The Hall–Kier alpha value is -10.5. The molecule has 0 saturated carbocycles. The van der Waals surface area contributed by atoms with Crippen LogP contribution in [0.4, 0.5) is 17.1 Å². The molecule has 13 aromatic rings. The number of aryl methyl sites for hydroxylation is 2. The first-order valence-corrected chi connectivity index (χ1v) is 33.6. The minimum Gasteiger partial charge on any atom is -0.493 e. The van der Waals surface area contributed by atoms with Crippen molar-refractivity contribution < 1.29 is 4.74 Å². The van der Waals surface area contributed by atoms with Crippen LogP contribution in [-0.2, 0) is 10.8 Å². The zero-order valence-corrected chi connectivity index (χ0v) is 55.2. The van der Waals surface area contributed by atoms with E-state index in [-0.39, 0.29) is 10.8 Å². The Labute approximate surface area is 556 Å². The highest BCUT2D eigenvalue weighted by Crippen LogP contribution is 2.57. The summed E-state index contributed by atoms with van der Waals surface area (Å²) in [6, 6.07) is 102. The molecule has 2 atom stereocenters. The number of hydrogen-bond acceptors (Lipinski definition) is 2. The van der Waals surface area contributed by atoms with E-state index in [4.69, 9.17) is 4.74 Å². The molecule has 12 aromatic carbocycles. The summed E-state index contributed by atoms with van der Waals surface area (Å²) in [5.74, 6) is 1.42. The van der Waals surface area contributed by atoms with Gasteiger partial charge >= 0.3 is 0 Å². The molecule has 0 radical (unpaired) electrons. The minimum absolute atomic E-state index is 0.0777. The Bertz CT molecular complexity index is 4870. The fourth-order valence-electron chi connectivity index (χ4n) is 14.7. The van der Waals surface area contributed by atoms with Gasteiger partial charge in [-0.2, -0.15) is 0 Å².